The molecule has 2 aliphatic heterocycles. The van der Waals surface area contributed by atoms with E-state index in [1.54, 1.807) is 6.08 Å². The van der Waals surface area contributed by atoms with E-state index < -0.39 is 0 Å². The van der Waals surface area contributed by atoms with Gasteiger partial charge in [-0.05, 0) is 59.0 Å². The summed E-state index contributed by atoms with van der Waals surface area (Å²) in [5.41, 5.74) is 2.08. The van der Waals surface area contributed by atoms with Crippen molar-refractivity contribution in [1.29, 1.82) is 0 Å². The number of fused-ring (bicyclic) bond motifs is 1. The van der Waals surface area contributed by atoms with Gasteiger partial charge in [0.25, 0.3) is 0 Å². The van der Waals surface area contributed by atoms with Crippen molar-refractivity contribution in [3.05, 3.63) is 29.3 Å². The lowest BCUT2D eigenvalue weighted by molar-refractivity contribution is -0.126. The zero-order valence-corrected chi connectivity index (χ0v) is 16.3. The van der Waals surface area contributed by atoms with E-state index in [0.717, 1.165) is 49.4 Å². The fourth-order valence-electron chi connectivity index (χ4n) is 3.86. The lowest BCUT2D eigenvalue weighted by atomic mass is 10.1. The molecule has 0 aromatic heterocycles. The van der Waals surface area contributed by atoms with Gasteiger partial charge in [0.15, 0.2) is 0 Å². The van der Waals surface area contributed by atoms with Crippen molar-refractivity contribution in [3.8, 4) is 11.5 Å². The van der Waals surface area contributed by atoms with E-state index in [9.17, 15) is 4.79 Å². The molecule has 2 heterocycles. The Bertz CT molecular complexity index is 684. The molecule has 3 rings (SSSR count). The maximum Gasteiger partial charge on any atom is 0.246 e. The Hall–Kier alpha value is -2.01. The van der Waals surface area contributed by atoms with E-state index >= 15 is 0 Å². The monoisotopic (exact) mass is 358 g/mol. The van der Waals surface area contributed by atoms with Crippen molar-refractivity contribution in [3.63, 3.8) is 0 Å². The van der Waals surface area contributed by atoms with E-state index in [1.165, 1.54) is 5.56 Å². The minimum absolute atomic E-state index is 0.0755. The van der Waals surface area contributed by atoms with Crippen LogP contribution in [-0.4, -0.2) is 61.6 Å². The number of amides is 1. The normalized spacial score (nSPS) is 22.1. The van der Waals surface area contributed by atoms with Crippen LogP contribution in [0, 0.1) is 0 Å². The van der Waals surface area contributed by atoms with Crippen LogP contribution in [0.15, 0.2) is 18.2 Å². The minimum atomic E-state index is 0.0755. The van der Waals surface area contributed by atoms with Crippen molar-refractivity contribution < 1.29 is 14.3 Å². The second kappa shape index (κ2) is 8.12. The molecule has 1 aromatic carbocycles. The number of likely N-dealkylation sites (tertiary alicyclic amines) is 1. The van der Waals surface area contributed by atoms with Crippen molar-refractivity contribution in [2.45, 2.75) is 45.3 Å². The van der Waals surface area contributed by atoms with Gasteiger partial charge >= 0.3 is 0 Å². The molecular formula is C21H30N2O3. The van der Waals surface area contributed by atoms with E-state index in [0.29, 0.717) is 12.6 Å². The van der Waals surface area contributed by atoms with Crippen LogP contribution >= 0.6 is 0 Å². The number of carbonyl (C=O) groups is 1. The van der Waals surface area contributed by atoms with Gasteiger partial charge in [-0.25, -0.2) is 0 Å². The Morgan fingerprint density at radius 2 is 2.23 bits per heavy atom. The molecule has 1 aromatic rings. The minimum Gasteiger partial charge on any atom is -0.493 e. The van der Waals surface area contributed by atoms with Gasteiger partial charge in [0.2, 0.25) is 5.91 Å². The molecule has 1 fully saturated rings. The first kappa shape index (κ1) is 18.8. The number of nitrogens with zero attached hydrogens (tertiary/aromatic N) is 2. The van der Waals surface area contributed by atoms with Crippen molar-refractivity contribution in [1.82, 2.24) is 9.80 Å². The van der Waals surface area contributed by atoms with Crippen LogP contribution < -0.4 is 9.47 Å². The predicted molar refractivity (Wildman–Crippen MR) is 104 cm³/mol. The molecule has 2 atom stereocenters. The Morgan fingerprint density at radius 1 is 1.42 bits per heavy atom. The Balaban J connectivity index is 1.77. The number of hydrogen-bond acceptors (Lipinski definition) is 4. The molecule has 0 unspecified atom stereocenters. The molecule has 1 amide bonds. The third-order valence-electron chi connectivity index (χ3n) is 4.97. The highest BCUT2D eigenvalue weighted by Crippen LogP contribution is 2.35. The molecule has 1 saturated heterocycles. The predicted octanol–water partition coefficient (Wildman–Crippen LogP) is 2.97. The number of carbonyl (C=O) groups excluding carboxylic acids is 1. The van der Waals surface area contributed by atoms with Crippen LogP contribution in [0.2, 0.25) is 0 Å². The summed E-state index contributed by atoms with van der Waals surface area (Å²) in [5.74, 6) is 1.80. The molecule has 0 aliphatic carbocycles. The second-order valence-electron chi connectivity index (χ2n) is 7.49. The Labute approximate surface area is 156 Å². The Kier molecular flexibility index (Phi) is 5.87. The summed E-state index contributed by atoms with van der Waals surface area (Å²) in [6.45, 7) is 6.39. The first-order valence-corrected chi connectivity index (χ1v) is 9.57. The van der Waals surface area contributed by atoms with Crippen LogP contribution in [0.1, 0.15) is 37.8 Å². The zero-order valence-electron chi connectivity index (χ0n) is 16.3. The van der Waals surface area contributed by atoms with Crippen LogP contribution in [0.4, 0.5) is 0 Å². The Morgan fingerprint density at radius 3 is 2.96 bits per heavy atom. The van der Waals surface area contributed by atoms with Crippen molar-refractivity contribution in [2.24, 2.45) is 0 Å². The molecule has 0 saturated carbocycles. The first-order chi connectivity index (χ1) is 12.5. The summed E-state index contributed by atoms with van der Waals surface area (Å²) in [4.78, 5) is 16.8. The summed E-state index contributed by atoms with van der Waals surface area (Å²) >= 11 is 0. The topological polar surface area (TPSA) is 42.0 Å². The van der Waals surface area contributed by atoms with Gasteiger partial charge in [0.05, 0.1) is 6.61 Å². The van der Waals surface area contributed by atoms with Gasteiger partial charge in [0.1, 0.15) is 17.6 Å². The van der Waals surface area contributed by atoms with E-state index in [1.807, 2.05) is 24.0 Å². The molecule has 26 heavy (non-hydrogen) atoms. The first-order valence-electron chi connectivity index (χ1n) is 9.57. The average molecular weight is 358 g/mol. The van der Waals surface area contributed by atoms with Crippen LogP contribution in [0.5, 0.6) is 11.5 Å². The van der Waals surface area contributed by atoms with Gasteiger partial charge in [-0.2, -0.15) is 0 Å². The van der Waals surface area contributed by atoms with Crippen LogP contribution in [-0.2, 0) is 11.2 Å². The highest BCUT2D eigenvalue weighted by atomic mass is 16.5. The lowest BCUT2D eigenvalue weighted by Crippen LogP contribution is -2.40. The molecule has 0 bridgehead atoms. The summed E-state index contributed by atoms with van der Waals surface area (Å²) in [6, 6.07) is 4.35. The van der Waals surface area contributed by atoms with Gasteiger partial charge in [-0.3, -0.25) is 4.79 Å². The molecule has 142 valence electrons. The molecule has 5 nitrogen and oxygen atoms in total. The van der Waals surface area contributed by atoms with Gasteiger partial charge in [0, 0.05) is 42.8 Å². The molecular weight excluding hydrogens is 328 g/mol. The maximum atomic E-state index is 12.7. The highest BCUT2D eigenvalue weighted by Gasteiger charge is 2.28. The number of ether oxygens (including phenoxy) is 2. The summed E-state index contributed by atoms with van der Waals surface area (Å²) in [5, 5.41) is 0. The third-order valence-corrected chi connectivity index (χ3v) is 4.97. The van der Waals surface area contributed by atoms with Gasteiger partial charge in [-0.15, -0.1) is 0 Å². The fourth-order valence-corrected chi connectivity index (χ4v) is 3.86. The molecule has 5 heteroatoms. The van der Waals surface area contributed by atoms with E-state index in [4.69, 9.17) is 9.47 Å². The summed E-state index contributed by atoms with van der Waals surface area (Å²) < 4.78 is 11.6. The molecule has 0 spiro atoms. The van der Waals surface area contributed by atoms with Gasteiger partial charge < -0.3 is 19.3 Å². The standard InChI is InChI=1S/C21H30N2O3/c1-5-25-19-13-17-11-15(2)26-20(17)12-16(19)8-9-21(24)23-10-6-7-18(23)14-22(3)4/h8-9,12-13,15,18H,5-7,10-11,14H2,1-4H3/b9-8+/t15-,18-/m1/s1. The van der Waals surface area contributed by atoms with E-state index in [2.05, 4.69) is 32.0 Å². The molecule has 0 radical (unpaired) electrons. The van der Waals surface area contributed by atoms with Crippen molar-refractivity contribution in [2.75, 3.05) is 33.8 Å². The van der Waals surface area contributed by atoms with E-state index in [-0.39, 0.29) is 12.0 Å². The largest absolute Gasteiger partial charge is 0.493 e. The molecule has 0 N–H and O–H groups in total. The second-order valence-corrected chi connectivity index (χ2v) is 7.49. The smallest absolute Gasteiger partial charge is 0.246 e. The number of rotatable bonds is 6. The SMILES string of the molecule is CCOc1cc2c(cc1/C=C/C(=O)N1CCC[C@@H]1CN(C)C)O[C@H](C)C2. The van der Waals surface area contributed by atoms with Crippen LogP contribution in [0.25, 0.3) is 6.08 Å². The summed E-state index contributed by atoms with van der Waals surface area (Å²) in [7, 11) is 4.10. The number of benzene rings is 1. The van der Waals surface area contributed by atoms with Gasteiger partial charge in [-0.1, -0.05) is 0 Å². The fraction of sp³-hybridized carbons (Fsp3) is 0.571. The van der Waals surface area contributed by atoms with Crippen LogP contribution in [0.3, 0.4) is 0 Å². The molecule has 2 aliphatic rings. The van der Waals surface area contributed by atoms with Crippen molar-refractivity contribution >= 4 is 12.0 Å². The third kappa shape index (κ3) is 4.21. The zero-order chi connectivity index (χ0) is 18.7. The number of hydrogen-bond donors (Lipinski definition) is 0. The maximum absolute atomic E-state index is 12.7. The quantitative estimate of drug-likeness (QED) is 0.733. The highest BCUT2D eigenvalue weighted by molar-refractivity contribution is 5.92. The average Bonchev–Trinajstić information content (AvgIpc) is 3.17. The number of likely N-dealkylation sites (N-methyl/N-ethyl adjacent to an activating group) is 1. The summed E-state index contributed by atoms with van der Waals surface area (Å²) in [6.07, 6.45) is 6.79. The lowest BCUT2D eigenvalue weighted by Gasteiger charge is -2.26.